The Balaban J connectivity index is 2.93. The van der Waals surface area contributed by atoms with Crippen LogP contribution in [0, 0.1) is 10.1 Å². The van der Waals surface area contributed by atoms with Crippen molar-refractivity contribution in [3.8, 4) is 5.75 Å². The number of methoxy groups -OCH3 is 1. The summed E-state index contributed by atoms with van der Waals surface area (Å²) in [5.74, 6) is 0.253. The van der Waals surface area contributed by atoms with Gasteiger partial charge in [-0.05, 0) is 25.1 Å². The number of benzene rings is 1. The first-order valence-electron chi connectivity index (χ1n) is 4.96. The first-order valence-corrected chi connectivity index (χ1v) is 4.96. The van der Waals surface area contributed by atoms with Crippen LogP contribution >= 0.6 is 0 Å². The van der Waals surface area contributed by atoms with Gasteiger partial charge in [0.25, 0.3) is 0 Å². The van der Waals surface area contributed by atoms with Crippen LogP contribution in [0.3, 0.4) is 0 Å². The molecule has 0 atom stereocenters. The van der Waals surface area contributed by atoms with Gasteiger partial charge in [0.05, 0.1) is 12.0 Å². The van der Waals surface area contributed by atoms with Crippen LogP contribution in [0.5, 0.6) is 5.75 Å². The van der Waals surface area contributed by atoms with Gasteiger partial charge in [-0.1, -0.05) is 6.07 Å². The van der Waals surface area contributed by atoms with Gasteiger partial charge in [-0.2, -0.15) is 0 Å². The van der Waals surface area contributed by atoms with Gasteiger partial charge < -0.3 is 15.8 Å². The zero-order chi connectivity index (χ0) is 12.0. The molecule has 0 fully saturated rings. The van der Waals surface area contributed by atoms with Crippen LogP contribution in [0.15, 0.2) is 18.2 Å². The van der Waals surface area contributed by atoms with E-state index in [0.29, 0.717) is 18.8 Å². The molecule has 3 N–H and O–H groups in total. The van der Waals surface area contributed by atoms with E-state index in [1.807, 2.05) is 0 Å². The van der Waals surface area contributed by atoms with Gasteiger partial charge in [-0.15, -0.1) is 0 Å². The Labute approximate surface area is 93.5 Å². The number of hydrogen-bond donors (Lipinski definition) is 2. The van der Waals surface area contributed by atoms with E-state index in [1.54, 1.807) is 18.2 Å². The third kappa shape index (κ3) is 2.83. The Hall–Kier alpha value is -1.82. The fourth-order valence-electron chi connectivity index (χ4n) is 1.34. The Bertz CT molecular complexity index is 368. The smallest absolute Gasteiger partial charge is 0.333 e. The van der Waals surface area contributed by atoms with Crippen molar-refractivity contribution >= 4 is 11.4 Å². The standard InChI is InChI=1S/C10H15N3O3/c1-16-9-5-2-4-8(10(9)13(14)15)12-7-3-6-11/h2,4-5,12H,3,6-7,11H2,1H3. The van der Waals surface area contributed by atoms with Crippen LogP contribution < -0.4 is 15.8 Å². The zero-order valence-electron chi connectivity index (χ0n) is 9.10. The Morgan fingerprint density at radius 3 is 2.88 bits per heavy atom. The lowest BCUT2D eigenvalue weighted by Gasteiger charge is -2.08. The number of nitro groups is 1. The molecule has 1 rings (SSSR count). The number of para-hydroxylation sites is 1. The van der Waals surface area contributed by atoms with Crippen LogP contribution in [-0.2, 0) is 0 Å². The second kappa shape index (κ2) is 5.92. The van der Waals surface area contributed by atoms with E-state index < -0.39 is 4.92 Å². The summed E-state index contributed by atoms with van der Waals surface area (Å²) < 4.78 is 4.95. The lowest BCUT2D eigenvalue weighted by Crippen LogP contribution is -2.09. The summed E-state index contributed by atoms with van der Waals surface area (Å²) in [4.78, 5) is 10.4. The summed E-state index contributed by atoms with van der Waals surface area (Å²) in [6.07, 6.45) is 0.758. The third-order valence-corrected chi connectivity index (χ3v) is 2.10. The highest BCUT2D eigenvalue weighted by Crippen LogP contribution is 2.34. The maximum absolute atomic E-state index is 10.9. The van der Waals surface area contributed by atoms with Crippen LogP contribution in [0.1, 0.15) is 6.42 Å². The number of nitrogens with two attached hydrogens (primary N) is 1. The molecule has 0 unspecified atom stereocenters. The maximum Gasteiger partial charge on any atom is 0.333 e. The molecule has 88 valence electrons. The van der Waals surface area contributed by atoms with Gasteiger partial charge >= 0.3 is 5.69 Å². The van der Waals surface area contributed by atoms with E-state index in [-0.39, 0.29) is 11.4 Å². The lowest BCUT2D eigenvalue weighted by atomic mass is 10.2. The average molecular weight is 225 g/mol. The minimum Gasteiger partial charge on any atom is -0.490 e. The highest BCUT2D eigenvalue weighted by Gasteiger charge is 2.19. The van der Waals surface area contributed by atoms with Crippen molar-refractivity contribution < 1.29 is 9.66 Å². The predicted octanol–water partition coefficient (Wildman–Crippen LogP) is 1.36. The largest absolute Gasteiger partial charge is 0.490 e. The molecule has 16 heavy (non-hydrogen) atoms. The molecule has 0 amide bonds. The summed E-state index contributed by atoms with van der Waals surface area (Å²) in [7, 11) is 1.41. The third-order valence-electron chi connectivity index (χ3n) is 2.10. The number of rotatable bonds is 6. The Kier molecular flexibility index (Phi) is 4.53. The van der Waals surface area contributed by atoms with E-state index >= 15 is 0 Å². The molecule has 1 aromatic rings. The van der Waals surface area contributed by atoms with Gasteiger partial charge in [0.1, 0.15) is 5.69 Å². The predicted molar refractivity (Wildman–Crippen MR) is 61.8 cm³/mol. The molecule has 0 saturated heterocycles. The fraction of sp³-hybridized carbons (Fsp3) is 0.400. The van der Waals surface area contributed by atoms with E-state index in [1.165, 1.54) is 7.11 Å². The van der Waals surface area contributed by atoms with Crippen LogP contribution in [0.2, 0.25) is 0 Å². The van der Waals surface area contributed by atoms with Crippen LogP contribution in [-0.4, -0.2) is 25.1 Å². The zero-order valence-corrected chi connectivity index (χ0v) is 9.10. The lowest BCUT2D eigenvalue weighted by molar-refractivity contribution is -0.384. The van der Waals surface area contributed by atoms with Crippen molar-refractivity contribution in [2.24, 2.45) is 5.73 Å². The summed E-state index contributed by atoms with van der Waals surface area (Å²) in [6, 6.07) is 4.92. The van der Waals surface area contributed by atoms with E-state index in [2.05, 4.69) is 5.32 Å². The molecule has 6 heteroatoms. The van der Waals surface area contributed by atoms with E-state index in [4.69, 9.17) is 10.5 Å². The fourth-order valence-corrected chi connectivity index (χ4v) is 1.34. The normalized spacial score (nSPS) is 9.88. The summed E-state index contributed by atoms with van der Waals surface area (Å²) in [6.45, 7) is 1.15. The van der Waals surface area contributed by atoms with Crippen molar-refractivity contribution in [1.29, 1.82) is 0 Å². The quantitative estimate of drug-likeness (QED) is 0.433. The van der Waals surface area contributed by atoms with Crippen molar-refractivity contribution in [2.75, 3.05) is 25.5 Å². The molecule has 0 heterocycles. The second-order valence-electron chi connectivity index (χ2n) is 3.18. The topological polar surface area (TPSA) is 90.4 Å². The van der Waals surface area contributed by atoms with Gasteiger partial charge in [0.15, 0.2) is 5.75 Å². The SMILES string of the molecule is COc1cccc(NCCCN)c1[N+](=O)[O-]. The van der Waals surface area contributed by atoms with Crippen LogP contribution in [0.4, 0.5) is 11.4 Å². The molecule has 6 nitrogen and oxygen atoms in total. The van der Waals surface area contributed by atoms with Gasteiger partial charge in [0, 0.05) is 6.54 Å². The molecule has 0 aromatic heterocycles. The molecule has 0 saturated carbocycles. The Morgan fingerprint density at radius 2 is 2.31 bits per heavy atom. The first kappa shape index (κ1) is 12.3. The summed E-state index contributed by atoms with van der Waals surface area (Å²) >= 11 is 0. The van der Waals surface area contributed by atoms with E-state index in [9.17, 15) is 10.1 Å². The van der Waals surface area contributed by atoms with Gasteiger partial charge in [0.2, 0.25) is 0 Å². The first-order chi connectivity index (χ1) is 7.70. The number of ether oxygens (including phenoxy) is 1. The van der Waals surface area contributed by atoms with Crippen LogP contribution in [0.25, 0.3) is 0 Å². The van der Waals surface area contributed by atoms with E-state index in [0.717, 1.165) is 6.42 Å². The molecule has 0 aliphatic rings. The number of hydrogen-bond acceptors (Lipinski definition) is 5. The monoisotopic (exact) mass is 225 g/mol. The second-order valence-corrected chi connectivity index (χ2v) is 3.18. The van der Waals surface area contributed by atoms with Gasteiger partial charge in [-0.25, -0.2) is 0 Å². The number of anilines is 1. The number of nitro benzene ring substituents is 1. The van der Waals surface area contributed by atoms with Gasteiger partial charge in [-0.3, -0.25) is 10.1 Å². The minimum atomic E-state index is -0.455. The minimum absolute atomic E-state index is 0.0398. The molecule has 0 spiro atoms. The number of nitrogens with one attached hydrogen (secondary N) is 1. The number of nitrogens with zero attached hydrogens (tertiary/aromatic N) is 1. The molecular formula is C10H15N3O3. The average Bonchev–Trinajstić information content (AvgIpc) is 2.28. The van der Waals surface area contributed by atoms with Crippen molar-refractivity contribution in [1.82, 2.24) is 0 Å². The van der Waals surface area contributed by atoms with Crippen molar-refractivity contribution in [3.05, 3.63) is 28.3 Å². The molecule has 0 bridgehead atoms. The summed E-state index contributed by atoms with van der Waals surface area (Å²) in [5.41, 5.74) is 5.76. The van der Waals surface area contributed by atoms with Crippen molar-refractivity contribution in [2.45, 2.75) is 6.42 Å². The molecule has 1 aromatic carbocycles. The Morgan fingerprint density at radius 1 is 1.56 bits per heavy atom. The molecule has 0 radical (unpaired) electrons. The highest BCUT2D eigenvalue weighted by molar-refractivity contribution is 5.68. The van der Waals surface area contributed by atoms with Crippen molar-refractivity contribution in [3.63, 3.8) is 0 Å². The highest BCUT2D eigenvalue weighted by atomic mass is 16.6. The molecular weight excluding hydrogens is 210 g/mol. The molecule has 0 aliphatic heterocycles. The summed E-state index contributed by atoms with van der Waals surface area (Å²) in [5, 5.41) is 13.9. The maximum atomic E-state index is 10.9. The molecule has 0 aliphatic carbocycles.